The van der Waals surface area contributed by atoms with Gasteiger partial charge in [-0.1, -0.05) is 44.2 Å². The second-order valence-electron chi connectivity index (χ2n) is 9.09. The highest BCUT2D eigenvalue weighted by Crippen LogP contribution is 2.29. The number of aromatic nitrogens is 1. The number of nitrogens with one attached hydrogen (secondary N) is 1. The molecule has 1 aromatic carbocycles. The zero-order valence-electron chi connectivity index (χ0n) is 22.9. The highest BCUT2D eigenvalue weighted by molar-refractivity contribution is 5.98. The van der Waals surface area contributed by atoms with Gasteiger partial charge < -0.3 is 29.0 Å². The topological polar surface area (TPSA) is 122 Å². The van der Waals surface area contributed by atoms with Crippen molar-refractivity contribution >= 4 is 17.8 Å². The standard InChI is InChI=1S/C28H38N2O8/c1-18(2)25(20(4)35-16-10-13-22-11-8-7-9-12-22)38-28(33)19(3)30-27(32)24-26(37-17-36-21(5)31)23(34-6)14-15-29-24/h7-9,11-12,14-15,18-20,25H,10,13,16-17H2,1-6H3,(H,30,32)/t19-,20-,25+/m0/s1. The molecule has 38 heavy (non-hydrogen) atoms. The van der Waals surface area contributed by atoms with E-state index in [1.807, 2.05) is 39.0 Å². The van der Waals surface area contributed by atoms with E-state index in [-0.39, 0.29) is 29.2 Å². The van der Waals surface area contributed by atoms with Crippen molar-refractivity contribution in [2.45, 2.75) is 65.7 Å². The first-order chi connectivity index (χ1) is 18.1. The van der Waals surface area contributed by atoms with Crippen LogP contribution in [0.2, 0.25) is 0 Å². The molecule has 1 amide bonds. The van der Waals surface area contributed by atoms with Crippen LogP contribution in [0.5, 0.6) is 11.5 Å². The molecule has 2 rings (SSSR count). The van der Waals surface area contributed by atoms with E-state index in [2.05, 4.69) is 22.4 Å². The predicted octanol–water partition coefficient (Wildman–Crippen LogP) is 3.71. The minimum atomic E-state index is -0.983. The van der Waals surface area contributed by atoms with Gasteiger partial charge in [0, 0.05) is 25.8 Å². The van der Waals surface area contributed by atoms with E-state index >= 15 is 0 Å². The van der Waals surface area contributed by atoms with Gasteiger partial charge >= 0.3 is 11.9 Å². The number of esters is 2. The van der Waals surface area contributed by atoms with Gasteiger partial charge in [-0.05, 0) is 38.2 Å². The van der Waals surface area contributed by atoms with E-state index in [1.165, 1.54) is 38.8 Å². The number of nitrogens with zero attached hydrogens (tertiary/aromatic N) is 1. The van der Waals surface area contributed by atoms with Crippen LogP contribution in [0.4, 0.5) is 0 Å². The minimum Gasteiger partial charge on any atom is -0.493 e. The molecule has 0 spiro atoms. The number of hydrogen-bond donors (Lipinski definition) is 1. The average molecular weight is 531 g/mol. The molecular weight excluding hydrogens is 492 g/mol. The molecule has 0 aliphatic rings. The second-order valence-corrected chi connectivity index (χ2v) is 9.09. The summed E-state index contributed by atoms with van der Waals surface area (Å²) in [5.41, 5.74) is 1.11. The highest BCUT2D eigenvalue weighted by Gasteiger charge is 2.29. The quantitative estimate of drug-likeness (QED) is 0.209. The number of ether oxygens (including phenoxy) is 5. The summed E-state index contributed by atoms with van der Waals surface area (Å²) in [6.07, 6.45) is 2.26. The Balaban J connectivity index is 1.95. The molecular formula is C28H38N2O8. The van der Waals surface area contributed by atoms with Crippen LogP contribution in [-0.4, -0.2) is 61.6 Å². The molecule has 0 aliphatic carbocycles. The van der Waals surface area contributed by atoms with Gasteiger partial charge in [0.2, 0.25) is 6.79 Å². The van der Waals surface area contributed by atoms with Crippen molar-refractivity contribution in [2.75, 3.05) is 20.5 Å². The molecule has 0 bridgehead atoms. The molecule has 1 aromatic heterocycles. The van der Waals surface area contributed by atoms with Crippen LogP contribution in [0.1, 0.15) is 57.1 Å². The number of aryl methyl sites for hydroxylation is 1. The Bertz CT molecular complexity index is 1040. The van der Waals surface area contributed by atoms with Crippen molar-refractivity contribution in [1.29, 1.82) is 0 Å². The normalized spacial score (nSPS) is 13.2. The molecule has 10 nitrogen and oxygen atoms in total. The maximum absolute atomic E-state index is 12.9. The maximum atomic E-state index is 12.9. The maximum Gasteiger partial charge on any atom is 0.328 e. The molecule has 2 aromatic rings. The third-order valence-electron chi connectivity index (χ3n) is 5.68. The summed E-state index contributed by atoms with van der Waals surface area (Å²) in [4.78, 5) is 40.9. The van der Waals surface area contributed by atoms with Crippen molar-refractivity contribution in [2.24, 2.45) is 5.92 Å². The highest BCUT2D eigenvalue weighted by atomic mass is 16.7. The van der Waals surface area contributed by atoms with Gasteiger partial charge in [0.15, 0.2) is 17.2 Å². The summed E-state index contributed by atoms with van der Waals surface area (Å²) in [5.74, 6) is -1.66. The van der Waals surface area contributed by atoms with Gasteiger partial charge in [-0.15, -0.1) is 0 Å². The van der Waals surface area contributed by atoms with Gasteiger partial charge in [0.05, 0.1) is 13.2 Å². The first-order valence-corrected chi connectivity index (χ1v) is 12.6. The fraction of sp³-hybridized carbons (Fsp3) is 0.500. The fourth-order valence-corrected chi connectivity index (χ4v) is 3.68. The van der Waals surface area contributed by atoms with E-state index in [4.69, 9.17) is 23.7 Å². The van der Waals surface area contributed by atoms with E-state index in [9.17, 15) is 14.4 Å². The van der Waals surface area contributed by atoms with Crippen LogP contribution in [-0.2, 0) is 30.2 Å². The Hall–Kier alpha value is -3.66. The smallest absolute Gasteiger partial charge is 0.328 e. The van der Waals surface area contributed by atoms with Gasteiger partial charge in [-0.25, -0.2) is 9.78 Å². The largest absolute Gasteiger partial charge is 0.493 e. The van der Waals surface area contributed by atoms with E-state index in [1.54, 1.807) is 0 Å². The lowest BCUT2D eigenvalue weighted by molar-refractivity contribution is -0.162. The molecule has 0 radical (unpaired) electrons. The first kappa shape index (κ1) is 30.6. The summed E-state index contributed by atoms with van der Waals surface area (Å²) in [6.45, 7) is 8.59. The van der Waals surface area contributed by atoms with Gasteiger partial charge in [0.1, 0.15) is 12.1 Å². The van der Waals surface area contributed by atoms with Crippen LogP contribution < -0.4 is 14.8 Å². The van der Waals surface area contributed by atoms with Crippen molar-refractivity contribution in [3.05, 3.63) is 53.9 Å². The van der Waals surface area contributed by atoms with Crippen LogP contribution in [0.3, 0.4) is 0 Å². The molecule has 0 saturated carbocycles. The summed E-state index contributed by atoms with van der Waals surface area (Å²) in [7, 11) is 1.40. The van der Waals surface area contributed by atoms with Crippen LogP contribution in [0.15, 0.2) is 42.6 Å². The number of carbonyl (C=O) groups is 3. The molecule has 208 valence electrons. The second kappa shape index (κ2) is 15.6. The molecule has 0 unspecified atom stereocenters. The van der Waals surface area contributed by atoms with E-state index in [0.717, 1.165) is 12.8 Å². The lowest BCUT2D eigenvalue weighted by Crippen LogP contribution is -2.44. The predicted molar refractivity (Wildman–Crippen MR) is 140 cm³/mol. The molecule has 0 fully saturated rings. The zero-order valence-corrected chi connectivity index (χ0v) is 22.9. The average Bonchev–Trinajstić information content (AvgIpc) is 2.89. The van der Waals surface area contributed by atoms with Crippen LogP contribution in [0.25, 0.3) is 0 Å². The van der Waals surface area contributed by atoms with Gasteiger partial charge in [-0.2, -0.15) is 0 Å². The number of pyridine rings is 1. The fourth-order valence-electron chi connectivity index (χ4n) is 3.68. The lowest BCUT2D eigenvalue weighted by atomic mass is 10.0. The molecule has 1 heterocycles. The molecule has 10 heteroatoms. The Morgan fingerprint density at radius 2 is 1.74 bits per heavy atom. The van der Waals surface area contributed by atoms with E-state index in [0.29, 0.717) is 6.61 Å². The number of amides is 1. The van der Waals surface area contributed by atoms with Crippen molar-refractivity contribution in [3.8, 4) is 11.5 Å². The Morgan fingerprint density at radius 3 is 2.37 bits per heavy atom. The van der Waals surface area contributed by atoms with Gasteiger partial charge in [-0.3, -0.25) is 9.59 Å². The van der Waals surface area contributed by atoms with Crippen LogP contribution >= 0.6 is 0 Å². The molecule has 3 atom stereocenters. The molecule has 0 aliphatic heterocycles. The van der Waals surface area contributed by atoms with E-state index < -0.39 is 36.8 Å². The number of hydrogen-bond acceptors (Lipinski definition) is 9. The monoisotopic (exact) mass is 530 g/mol. The third-order valence-corrected chi connectivity index (χ3v) is 5.68. The number of methoxy groups -OCH3 is 1. The third kappa shape index (κ3) is 9.66. The Morgan fingerprint density at radius 1 is 1.03 bits per heavy atom. The SMILES string of the molecule is COc1ccnc(C(=O)N[C@@H](C)C(=O)O[C@H](C(C)C)[C@H](C)OCCCc2ccccc2)c1OCOC(C)=O. The summed E-state index contributed by atoms with van der Waals surface area (Å²) < 4.78 is 27.1. The molecule has 1 N–H and O–H groups in total. The summed E-state index contributed by atoms with van der Waals surface area (Å²) in [5, 5.41) is 2.58. The summed E-state index contributed by atoms with van der Waals surface area (Å²) in [6, 6.07) is 10.7. The first-order valence-electron chi connectivity index (χ1n) is 12.6. The Labute approximate surface area is 224 Å². The van der Waals surface area contributed by atoms with Crippen molar-refractivity contribution < 1.29 is 38.1 Å². The zero-order chi connectivity index (χ0) is 28.1. The molecule has 0 saturated heterocycles. The van der Waals surface area contributed by atoms with Gasteiger partial charge in [0.25, 0.3) is 5.91 Å². The lowest BCUT2D eigenvalue weighted by Gasteiger charge is -2.28. The number of carbonyl (C=O) groups excluding carboxylic acids is 3. The van der Waals surface area contributed by atoms with Crippen molar-refractivity contribution in [1.82, 2.24) is 10.3 Å². The number of benzene rings is 1. The van der Waals surface area contributed by atoms with Crippen molar-refractivity contribution in [3.63, 3.8) is 0 Å². The Kier molecular flexibility index (Phi) is 12.5. The minimum absolute atomic E-state index is 0.00713. The van der Waals surface area contributed by atoms with Crippen LogP contribution in [0, 0.1) is 5.92 Å². The summed E-state index contributed by atoms with van der Waals surface area (Å²) >= 11 is 0. The number of rotatable bonds is 15.